The summed E-state index contributed by atoms with van der Waals surface area (Å²) in [6, 6.07) is 0. The first-order valence-corrected chi connectivity index (χ1v) is 6.03. The van der Waals surface area contributed by atoms with Gasteiger partial charge in [0.05, 0.1) is 14.8 Å². The number of ether oxygens (including phenoxy) is 1. The lowest BCUT2D eigenvalue weighted by Crippen LogP contribution is -2.86. The van der Waals surface area contributed by atoms with Crippen LogP contribution in [-0.2, 0) is 14.4 Å². The number of hydrogen-bond donors (Lipinski definition) is 3. The highest BCUT2D eigenvalue weighted by atomic mass is 17.0. The van der Waals surface area contributed by atoms with Gasteiger partial charge in [-0.05, 0) is 0 Å². The van der Waals surface area contributed by atoms with E-state index in [-0.39, 0.29) is 0 Å². The Morgan fingerprint density at radius 3 is 1.70 bits per heavy atom. The second kappa shape index (κ2) is 6.63. The van der Waals surface area contributed by atoms with Crippen LogP contribution in [0.5, 0.6) is 0 Å². The third-order valence-electron chi connectivity index (χ3n) is 3.35. The van der Waals surface area contributed by atoms with Crippen molar-refractivity contribution < 1.29 is 54.7 Å². The molecule has 0 bridgehead atoms. The van der Waals surface area contributed by atoms with E-state index in [2.05, 4.69) is 14.4 Å². The maximum Gasteiger partial charge on any atom is 0.550 e. The molecule has 0 radical (unpaired) electrons. The number of nitro groups is 3. The van der Waals surface area contributed by atoms with Crippen molar-refractivity contribution in [3.8, 4) is 0 Å². The van der Waals surface area contributed by atoms with E-state index in [1.165, 1.54) is 0 Å². The van der Waals surface area contributed by atoms with Crippen molar-refractivity contribution in [2.75, 3.05) is 6.61 Å². The van der Waals surface area contributed by atoms with Gasteiger partial charge >= 0.3 is 17.4 Å². The molecule has 21 nitrogen and oxygen atoms in total. The molecule has 1 fully saturated rings. The van der Waals surface area contributed by atoms with E-state index < -0.39 is 61.1 Å². The van der Waals surface area contributed by atoms with Crippen LogP contribution in [0.4, 0.5) is 0 Å². The van der Waals surface area contributed by atoms with Crippen LogP contribution >= 0.6 is 0 Å². The Morgan fingerprint density at radius 1 is 0.852 bits per heavy atom. The summed E-state index contributed by atoms with van der Waals surface area (Å²) in [5, 5.41) is 80.3. The molecule has 1 aliphatic heterocycles. The molecule has 27 heavy (non-hydrogen) atoms. The largest absolute Gasteiger partial charge is 0.550 e. The lowest BCUT2D eigenvalue weighted by Gasteiger charge is -2.43. The smallest absolute Gasteiger partial charge is 0.320 e. The quantitative estimate of drug-likeness (QED) is 0.197. The zero-order valence-corrected chi connectivity index (χ0v) is 12.2. The zero-order valence-electron chi connectivity index (χ0n) is 12.2. The van der Waals surface area contributed by atoms with Gasteiger partial charge in [0, 0.05) is 0 Å². The van der Waals surface area contributed by atoms with Crippen molar-refractivity contribution >= 4 is 0 Å². The maximum atomic E-state index is 11.2. The molecule has 0 aliphatic carbocycles. The molecule has 0 aromatic carbocycles. The van der Waals surface area contributed by atoms with Crippen LogP contribution in [0.3, 0.4) is 0 Å². The van der Waals surface area contributed by atoms with Gasteiger partial charge in [0.2, 0.25) is 6.10 Å². The summed E-state index contributed by atoms with van der Waals surface area (Å²) in [6.07, 6.45) is -6.11. The van der Waals surface area contributed by atoms with Gasteiger partial charge in [-0.15, -0.1) is 20.2 Å². The fraction of sp³-hybridized carbons (Fsp3) is 1.00. The van der Waals surface area contributed by atoms with Crippen LogP contribution in [0.2, 0.25) is 0 Å². The summed E-state index contributed by atoms with van der Waals surface area (Å²) in [5.74, 6) is -4.82. The third-order valence-corrected chi connectivity index (χ3v) is 3.35. The third kappa shape index (κ3) is 2.94. The van der Waals surface area contributed by atoms with E-state index >= 15 is 0 Å². The Labute approximate surface area is 142 Å². The van der Waals surface area contributed by atoms with Crippen molar-refractivity contribution in [1.82, 2.24) is 0 Å². The fourth-order valence-electron chi connectivity index (χ4n) is 2.20. The topological polar surface area (TPSA) is 304 Å². The molecule has 0 aromatic rings. The van der Waals surface area contributed by atoms with Crippen molar-refractivity contribution in [1.29, 1.82) is 0 Å². The first-order chi connectivity index (χ1) is 12.2. The van der Waals surface area contributed by atoms with Crippen LogP contribution in [0.25, 0.3) is 0 Å². The Bertz CT molecular complexity index is 697. The van der Waals surface area contributed by atoms with Gasteiger partial charge in [-0.25, -0.2) is 0 Å². The average molecular weight is 405 g/mol. The molecule has 0 spiro atoms. The molecule has 1 saturated heterocycles. The molecule has 1 heterocycles. The second-order valence-corrected chi connectivity index (χ2v) is 4.70. The van der Waals surface area contributed by atoms with E-state index in [0.29, 0.717) is 0 Å². The van der Waals surface area contributed by atoms with Gasteiger partial charge in [-0.1, -0.05) is 0 Å². The molecule has 1 unspecified atom stereocenters. The molecular weight excluding hydrogens is 398 g/mol. The normalized spacial score (nSPS) is 35.7. The van der Waals surface area contributed by atoms with Crippen LogP contribution in [0.1, 0.15) is 0 Å². The van der Waals surface area contributed by atoms with Crippen molar-refractivity contribution in [3.05, 3.63) is 50.6 Å². The standard InChI is InChI=1S/C6H7N5O16/c12-4(7(15)16)3(27-11(23)24)2(1-25-10(21)22)26-6(14,9(19)20)5(4,13)8(17)18/h2-3,12-14H,1H2/t2-,3-,4+,5-,6?/m1/s1. The average Bonchev–Trinajstić information content (AvgIpc) is 2.52. The van der Waals surface area contributed by atoms with Crippen LogP contribution in [0, 0.1) is 50.6 Å². The molecule has 0 aromatic heterocycles. The molecule has 5 atom stereocenters. The molecule has 1 aliphatic rings. The molecule has 152 valence electrons. The van der Waals surface area contributed by atoms with Crippen molar-refractivity contribution in [2.24, 2.45) is 0 Å². The lowest BCUT2D eigenvalue weighted by molar-refractivity contribution is -0.892. The number of hydrogen-bond acceptors (Lipinski definition) is 16. The molecule has 0 saturated carbocycles. The summed E-state index contributed by atoms with van der Waals surface area (Å²) in [4.78, 5) is 54.6. The lowest BCUT2D eigenvalue weighted by atomic mass is 9.84. The maximum absolute atomic E-state index is 11.2. The first kappa shape index (κ1) is 21.5. The summed E-state index contributed by atoms with van der Waals surface area (Å²) in [7, 11) is 0. The molecule has 21 heteroatoms. The Morgan fingerprint density at radius 2 is 1.37 bits per heavy atom. The molecular formula is C6H7N5O16. The summed E-state index contributed by atoms with van der Waals surface area (Å²) >= 11 is 0. The number of nitrogens with zero attached hydrogens (tertiary/aromatic N) is 5. The summed E-state index contributed by atoms with van der Waals surface area (Å²) < 4.78 is 4.06. The minimum Gasteiger partial charge on any atom is -0.320 e. The second-order valence-electron chi connectivity index (χ2n) is 4.70. The van der Waals surface area contributed by atoms with Crippen molar-refractivity contribution in [3.63, 3.8) is 0 Å². The predicted octanol–water partition coefficient (Wildman–Crippen LogP) is -3.98. The fourth-order valence-corrected chi connectivity index (χ4v) is 2.20. The minimum atomic E-state index is -5.08. The highest BCUT2D eigenvalue weighted by Crippen LogP contribution is 2.45. The zero-order chi connectivity index (χ0) is 21.4. The van der Waals surface area contributed by atoms with Crippen LogP contribution in [0.15, 0.2) is 0 Å². The van der Waals surface area contributed by atoms with E-state index in [1.54, 1.807) is 0 Å². The minimum absolute atomic E-state index is 1.61. The van der Waals surface area contributed by atoms with Gasteiger partial charge in [0.1, 0.15) is 12.7 Å². The van der Waals surface area contributed by atoms with Gasteiger partial charge in [0.25, 0.3) is 10.2 Å². The SMILES string of the molecule is O=[N+]([O-])OC[C@H]1OC(O)([N+](=O)[O-])[C@@](O)([N+](=O)[O-])[C@](O)([N+](=O)[O-])[C@@H]1O[N+](=O)[O-]. The van der Waals surface area contributed by atoms with Gasteiger partial charge in [-0.2, -0.15) is 0 Å². The highest BCUT2D eigenvalue weighted by Gasteiger charge is 2.96. The summed E-state index contributed by atoms with van der Waals surface area (Å²) in [5.41, 5.74) is -9.91. The van der Waals surface area contributed by atoms with Crippen molar-refractivity contribution in [2.45, 2.75) is 29.6 Å². The molecule has 3 N–H and O–H groups in total. The Balaban J connectivity index is 3.77. The van der Waals surface area contributed by atoms with E-state index in [4.69, 9.17) is 0 Å². The number of rotatable bonds is 8. The Kier molecular flexibility index (Phi) is 5.28. The van der Waals surface area contributed by atoms with E-state index in [1.807, 2.05) is 0 Å². The van der Waals surface area contributed by atoms with Crippen LogP contribution < -0.4 is 0 Å². The van der Waals surface area contributed by atoms with Gasteiger partial charge < -0.3 is 15.1 Å². The van der Waals surface area contributed by atoms with Gasteiger partial charge in [0.15, 0.2) is 0 Å². The molecule has 1 rings (SSSR count). The van der Waals surface area contributed by atoms with Crippen LogP contribution in [-0.4, -0.2) is 76.4 Å². The van der Waals surface area contributed by atoms with Gasteiger partial charge in [-0.3, -0.25) is 45.0 Å². The first-order valence-electron chi connectivity index (χ1n) is 6.03. The van der Waals surface area contributed by atoms with E-state index in [0.717, 1.165) is 0 Å². The predicted molar refractivity (Wildman–Crippen MR) is 65.5 cm³/mol. The number of aliphatic hydroxyl groups is 3. The van der Waals surface area contributed by atoms with E-state index in [9.17, 15) is 65.9 Å². The monoisotopic (exact) mass is 405 g/mol. The highest BCUT2D eigenvalue weighted by molar-refractivity contribution is 5.03. The Hall–Kier alpha value is -3.56. The molecule has 0 amide bonds. The summed E-state index contributed by atoms with van der Waals surface area (Å²) in [6.45, 7) is -1.69.